The van der Waals surface area contributed by atoms with E-state index < -0.39 is 5.60 Å². The fourth-order valence-corrected chi connectivity index (χ4v) is 5.61. The maximum atomic E-state index is 11.2. The van der Waals surface area contributed by atoms with Crippen molar-refractivity contribution >= 4 is 44.1 Å². The first kappa shape index (κ1) is 28.0. The Hall–Kier alpha value is -4.16. The van der Waals surface area contributed by atoms with E-state index in [1.807, 2.05) is 18.2 Å². The highest BCUT2D eigenvalue weighted by Crippen LogP contribution is 2.40. The van der Waals surface area contributed by atoms with Crippen LogP contribution in [0.5, 0.6) is 11.5 Å². The number of hydrogen-bond donors (Lipinski definition) is 1. The quantitative estimate of drug-likeness (QED) is 0.158. The minimum absolute atomic E-state index is 0.0659. The van der Waals surface area contributed by atoms with Gasteiger partial charge in [-0.2, -0.15) is 0 Å². The third kappa shape index (κ3) is 5.05. The molecule has 0 radical (unpaired) electrons. The van der Waals surface area contributed by atoms with E-state index in [4.69, 9.17) is 19.7 Å². The normalized spacial score (nSPS) is 12.3. The molecule has 5 aromatic carbocycles. The Kier molecular flexibility index (Phi) is 7.06. The number of phenolic OH excluding ortho intramolecular Hbond substituents is 1. The highest BCUT2D eigenvalue weighted by atomic mass is 32.2. The van der Waals surface area contributed by atoms with Gasteiger partial charge in [-0.15, -0.1) is 0 Å². The Balaban J connectivity index is 1.53. The molecule has 0 aliphatic carbocycles. The molecule has 0 amide bonds. The molecule has 0 saturated carbocycles. The van der Waals surface area contributed by atoms with Crippen LogP contribution in [0.3, 0.4) is 0 Å². The molecule has 212 valence electrons. The molecular formula is C36H35N3O2S. The predicted octanol–water partition coefficient (Wildman–Crippen LogP) is 9.69. The van der Waals surface area contributed by atoms with E-state index in [9.17, 15) is 5.11 Å². The van der Waals surface area contributed by atoms with Crippen molar-refractivity contribution in [3.8, 4) is 34.3 Å². The lowest BCUT2D eigenvalue weighted by molar-refractivity contribution is 0.000691. The molecule has 0 fully saturated rings. The van der Waals surface area contributed by atoms with E-state index in [-0.39, 0.29) is 11.2 Å². The smallest absolute Gasteiger partial charge is 0.191 e. The summed E-state index contributed by atoms with van der Waals surface area (Å²) in [6.07, 6.45) is 0. The maximum absolute atomic E-state index is 11.2. The highest BCUT2D eigenvalue weighted by molar-refractivity contribution is 7.99. The number of fused-ring (bicyclic) bond motifs is 5. The van der Waals surface area contributed by atoms with Crippen LogP contribution in [0.1, 0.15) is 41.5 Å². The van der Waals surface area contributed by atoms with Gasteiger partial charge in [0.2, 0.25) is 0 Å². The number of thioether (sulfide) groups is 1. The zero-order valence-electron chi connectivity index (χ0n) is 24.9. The van der Waals surface area contributed by atoms with E-state index in [0.29, 0.717) is 28.1 Å². The molecule has 1 heterocycles. The summed E-state index contributed by atoms with van der Waals surface area (Å²) in [7, 11) is 0. The number of nitrogens with zero attached hydrogens (tertiary/aromatic N) is 3. The van der Waals surface area contributed by atoms with Crippen LogP contribution in [0.2, 0.25) is 0 Å². The summed E-state index contributed by atoms with van der Waals surface area (Å²) in [6.45, 7) is 12.6. The molecule has 0 aliphatic rings. The number of aromatic nitrogens is 3. The number of rotatable bonds is 6. The van der Waals surface area contributed by atoms with Crippen molar-refractivity contribution in [2.24, 2.45) is 5.41 Å². The van der Waals surface area contributed by atoms with Gasteiger partial charge in [0.25, 0.3) is 0 Å². The van der Waals surface area contributed by atoms with Crippen LogP contribution in [0.15, 0.2) is 90.1 Å². The second kappa shape index (κ2) is 10.6. The number of ether oxygens (including phenoxy) is 1. The van der Waals surface area contributed by atoms with Crippen molar-refractivity contribution < 1.29 is 9.84 Å². The second-order valence-corrected chi connectivity index (χ2v) is 13.3. The van der Waals surface area contributed by atoms with Crippen LogP contribution >= 0.6 is 11.8 Å². The molecule has 0 atom stereocenters. The minimum atomic E-state index is -0.437. The predicted molar refractivity (Wildman–Crippen MR) is 175 cm³/mol. The van der Waals surface area contributed by atoms with Gasteiger partial charge in [-0.05, 0) is 70.1 Å². The van der Waals surface area contributed by atoms with Gasteiger partial charge in [-0.3, -0.25) is 0 Å². The van der Waals surface area contributed by atoms with E-state index in [1.54, 1.807) is 17.8 Å². The highest BCUT2D eigenvalue weighted by Gasteiger charge is 2.35. The first-order chi connectivity index (χ1) is 20.1. The Labute approximate surface area is 251 Å². The van der Waals surface area contributed by atoms with E-state index in [0.717, 1.165) is 27.5 Å². The van der Waals surface area contributed by atoms with Gasteiger partial charge in [-0.1, -0.05) is 100 Å². The molecule has 42 heavy (non-hydrogen) atoms. The first-order valence-electron chi connectivity index (χ1n) is 14.3. The molecule has 6 aromatic rings. The minimum Gasteiger partial charge on any atom is -0.507 e. The van der Waals surface area contributed by atoms with Crippen LogP contribution in [0, 0.1) is 5.41 Å². The standard InChI is InChI=1S/C36H35N3O2S/c1-7-42-34-38-32(28-19-17-23(20-31(28)40)41-36(5,6)35(2,3)4)37-33(39-34)30-21-29-24-13-9-8-12-22(24)16-18-27(29)25-14-10-11-15-26(25)30/h8-21,40H,7H2,1-6H3. The van der Waals surface area contributed by atoms with Crippen LogP contribution in [-0.4, -0.2) is 31.4 Å². The SMILES string of the molecule is CCSc1nc(-c2ccc(OC(C)(C)C(C)(C)C)cc2O)nc(-c2cc3c4ccccc4ccc3c3ccccc23)n1. The summed E-state index contributed by atoms with van der Waals surface area (Å²) in [5.41, 5.74) is 0.938. The van der Waals surface area contributed by atoms with Crippen LogP contribution in [-0.2, 0) is 0 Å². The van der Waals surface area contributed by atoms with Gasteiger partial charge < -0.3 is 9.84 Å². The average Bonchev–Trinajstić information content (AvgIpc) is 2.96. The Bertz CT molecular complexity index is 1960. The molecule has 0 spiro atoms. The molecule has 6 rings (SSSR count). The van der Waals surface area contributed by atoms with E-state index in [2.05, 4.69) is 102 Å². The molecule has 0 aliphatic heterocycles. The number of benzene rings is 5. The lowest BCUT2D eigenvalue weighted by Gasteiger charge is -2.39. The van der Waals surface area contributed by atoms with E-state index >= 15 is 0 Å². The van der Waals surface area contributed by atoms with Crippen molar-refractivity contribution in [3.63, 3.8) is 0 Å². The zero-order valence-corrected chi connectivity index (χ0v) is 25.7. The Morgan fingerprint density at radius 2 is 1.31 bits per heavy atom. The number of aromatic hydroxyl groups is 1. The van der Waals surface area contributed by atoms with Gasteiger partial charge in [0, 0.05) is 17.0 Å². The van der Waals surface area contributed by atoms with Gasteiger partial charge in [0.1, 0.15) is 17.1 Å². The van der Waals surface area contributed by atoms with Crippen molar-refractivity contribution in [1.82, 2.24) is 15.0 Å². The van der Waals surface area contributed by atoms with Crippen molar-refractivity contribution in [2.45, 2.75) is 52.3 Å². The lowest BCUT2D eigenvalue weighted by atomic mass is 9.79. The summed E-state index contributed by atoms with van der Waals surface area (Å²) in [4.78, 5) is 14.6. The van der Waals surface area contributed by atoms with Crippen molar-refractivity contribution in [2.75, 3.05) is 5.75 Å². The van der Waals surface area contributed by atoms with Crippen LogP contribution < -0.4 is 4.74 Å². The van der Waals surface area contributed by atoms with Crippen molar-refractivity contribution in [3.05, 3.63) is 84.9 Å². The third-order valence-electron chi connectivity index (χ3n) is 8.29. The fraction of sp³-hybridized carbons (Fsp3) is 0.250. The Morgan fingerprint density at radius 1 is 0.667 bits per heavy atom. The summed E-state index contributed by atoms with van der Waals surface area (Å²) in [5.74, 6) is 2.48. The molecule has 0 unspecified atom stereocenters. The molecule has 1 N–H and O–H groups in total. The fourth-order valence-electron chi connectivity index (χ4n) is 5.05. The molecule has 1 aromatic heterocycles. The summed E-state index contributed by atoms with van der Waals surface area (Å²) in [6, 6.07) is 28.8. The summed E-state index contributed by atoms with van der Waals surface area (Å²) >= 11 is 1.56. The largest absolute Gasteiger partial charge is 0.507 e. The van der Waals surface area contributed by atoms with Gasteiger partial charge in [0.05, 0.1) is 5.56 Å². The molecule has 5 nitrogen and oxygen atoms in total. The Morgan fingerprint density at radius 3 is 2.00 bits per heavy atom. The van der Waals surface area contributed by atoms with Crippen molar-refractivity contribution in [1.29, 1.82) is 0 Å². The monoisotopic (exact) mass is 573 g/mol. The zero-order chi connectivity index (χ0) is 29.6. The maximum Gasteiger partial charge on any atom is 0.191 e. The van der Waals surface area contributed by atoms with Crippen LogP contribution in [0.4, 0.5) is 0 Å². The third-order valence-corrected chi connectivity index (χ3v) is 9.01. The van der Waals surface area contributed by atoms with Gasteiger partial charge in [0.15, 0.2) is 16.8 Å². The molecule has 0 bridgehead atoms. The molecular weight excluding hydrogens is 538 g/mol. The molecule has 0 saturated heterocycles. The van der Waals surface area contributed by atoms with Gasteiger partial charge in [-0.25, -0.2) is 15.0 Å². The topological polar surface area (TPSA) is 68.1 Å². The number of phenols is 1. The second-order valence-electron chi connectivity index (χ2n) is 12.1. The van der Waals surface area contributed by atoms with Crippen LogP contribution in [0.25, 0.3) is 55.1 Å². The van der Waals surface area contributed by atoms with Gasteiger partial charge >= 0.3 is 0 Å². The summed E-state index contributed by atoms with van der Waals surface area (Å²) < 4.78 is 6.30. The molecule has 6 heteroatoms. The summed E-state index contributed by atoms with van der Waals surface area (Å²) in [5, 5.41) is 18.7. The first-order valence-corrected chi connectivity index (χ1v) is 15.3. The van der Waals surface area contributed by atoms with E-state index in [1.165, 1.54) is 16.2 Å². The number of hydrogen-bond acceptors (Lipinski definition) is 6. The average molecular weight is 574 g/mol. The lowest BCUT2D eigenvalue weighted by Crippen LogP contribution is -2.42.